The molecule has 8 nitrogen and oxygen atoms in total. The van der Waals surface area contributed by atoms with E-state index in [1.54, 1.807) is 25.2 Å². The van der Waals surface area contributed by atoms with Gasteiger partial charge < -0.3 is 10.2 Å². The van der Waals surface area contributed by atoms with E-state index in [2.05, 4.69) is 22.0 Å². The molecule has 4 rings (SSSR count). The molecule has 0 radical (unpaired) electrons. The van der Waals surface area contributed by atoms with Crippen LogP contribution in [0.1, 0.15) is 62.7 Å². The van der Waals surface area contributed by atoms with E-state index in [-0.39, 0.29) is 30.3 Å². The molecular formula is C21H29N5O3S. The normalized spacial score (nSPS) is 21.5. The zero-order valence-corrected chi connectivity index (χ0v) is 18.8. The van der Waals surface area contributed by atoms with Crippen LogP contribution in [0.25, 0.3) is 4.83 Å². The van der Waals surface area contributed by atoms with Gasteiger partial charge in [0.15, 0.2) is 0 Å². The number of amides is 4. The number of urea groups is 1. The molecule has 1 unspecified atom stereocenters. The van der Waals surface area contributed by atoms with Gasteiger partial charge in [0.2, 0.25) is 5.91 Å². The molecule has 0 aromatic carbocycles. The fourth-order valence-electron chi connectivity index (χ4n) is 4.52. The topological polar surface area (TPSA) is 87.0 Å². The minimum atomic E-state index is -0.866. The van der Waals surface area contributed by atoms with Gasteiger partial charge in [-0.05, 0) is 47.0 Å². The quantitative estimate of drug-likeness (QED) is 0.738. The first-order chi connectivity index (χ1) is 14.2. The van der Waals surface area contributed by atoms with Gasteiger partial charge in [0.05, 0.1) is 5.69 Å². The van der Waals surface area contributed by atoms with Crippen molar-refractivity contribution in [2.75, 3.05) is 19.6 Å². The lowest BCUT2D eigenvalue weighted by Gasteiger charge is -2.32. The second kappa shape index (κ2) is 7.68. The molecular weight excluding hydrogens is 402 g/mol. The van der Waals surface area contributed by atoms with Crippen LogP contribution in [-0.4, -0.2) is 62.2 Å². The van der Waals surface area contributed by atoms with Crippen molar-refractivity contribution in [2.24, 2.45) is 0 Å². The summed E-state index contributed by atoms with van der Waals surface area (Å²) in [5.41, 5.74) is 1.43. The number of piperidine rings is 1. The number of nitrogens with zero attached hydrogens (tertiary/aromatic N) is 4. The lowest BCUT2D eigenvalue weighted by molar-refractivity contribution is -0.134. The van der Waals surface area contributed by atoms with Crippen LogP contribution in [0.3, 0.4) is 0 Å². The molecule has 1 N–H and O–H groups in total. The Hall–Kier alpha value is -2.42. The Morgan fingerprint density at radius 3 is 2.80 bits per heavy atom. The average molecular weight is 432 g/mol. The minimum absolute atomic E-state index is 0.0838. The Morgan fingerprint density at radius 2 is 2.10 bits per heavy atom. The molecule has 2 aromatic heterocycles. The predicted molar refractivity (Wildman–Crippen MR) is 115 cm³/mol. The van der Waals surface area contributed by atoms with Gasteiger partial charge in [-0.1, -0.05) is 0 Å². The third-order valence-electron chi connectivity index (χ3n) is 6.10. The largest absolute Gasteiger partial charge is 0.342 e. The number of hydrogen-bond acceptors (Lipinski definition) is 5. The van der Waals surface area contributed by atoms with E-state index >= 15 is 0 Å². The highest BCUT2D eigenvalue weighted by atomic mass is 32.1. The molecule has 4 amide bonds. The van der Waals surface area contributed by atoms with Crippen LogP contribution in [0.2, 0.25) is 0 Å². The minimum Gasteiger partial charge on any atom is -0.342 e. The number of hydrogen-bond donors (Lipinski definition) is 1. The number of likely N-dealkylation sites (tertiary alicyclic amines) is 1. The number of rotatable bonds is 5. The average Bonchev–Trinajstić information content (AvgIpc) is 3.30. The molecule has 2 aliphatic heterocycles. The van der Waals surface area contributed by atoms with Crippen LogP contribution >= 0.6 is 11.3 Å². The van der Waals surface area contributed by atoms with Crippen molar-refractivity contribution in [3.8, 4) is 0 Å². The zero-order valence-electron chi connectivity index (χ0n) is 18.0. The van der Waals surface area contributed by atoms with Gasteiger partial charge in [-0.15, -0.1) is 11.3 Å². The van der Waals surface area contributed by atoms with Gasteiger partial charge in [0, 0.05) is 43.0 Å². The highest BCUT2D eigenvalue weighted by Gasteiger charge is 2.43. The summed E-state index contributed by atoms with van der Waals surface area (Å²) < 4.78 is 2.19. The molecule has 0 saturated carbocycles. The van der Waals surface area contributed by atoms with E-state index in [0.717, 1.165) is 30.9 Å². The smallest absolute Gasteiger partial charge is 0.325 e. The van der Waals surface area contributed by atoms with Gasteiger partial charge in [0.1, 0.15) is 16.2 Å². The standard InChI is InChI=1S/C21H29N5O3S/c1-13-12-30-18-17(22-14(2)26(13)18)15-7-5-9-24(11-15)16(27)8-6-10-25-19(28)21(3,4)23-20(25)29/h12,15H,5-11H2,1-4H3,(H,23,29). The number of aromatic nitrogens is 2. The Bertz CT molecular complexity index is 1010. The molecule has 0 bridgehead atoms. The highest BCUT2D eigenvalue weighted by Crippen LogP contribution is 2.33. The number of imide groups is 1. The molecule has 0 spiro atoms. The maximum absolute atomic E-state index is 12.8. The van der Waals surface area contributed by atoms with E-state index in [1.807, 2.05) is 11.8 Å². The third kappa shape index (κ3) is 3.59. The molecule has 2 fully saturated rings. The first kappa shape index (κ1) is 20.8. The van der Waals surface area contributed by atoms with Crippen molar-refractivity contribution in [1.29, 1.82) is 0 Å². The number of nitrogens with one attached hydrogen (secondary N) is 1. The SMILES string of the molecule is Cc1csc2c(C3CCCN(C(=O)CCCN4C(=O)NC(C)(C)C4=O)C3)nc(C)n12. The second-order valence-electron chi connectivity index (χ2n) is 8.86. The van der Waals surface area contributed by atoms with Gasteiger partial charge >= 0.3 is 6.03 Å². The van der Waals surface area contributed by atoms with Crippen LogP contribution in [0, 0.1) is 13.8 Å². The van der Waals surface area contributed by atoms with Crippen LogP contribution in [0.15, 0.2) is 5.38 Å². The van der Waals surface area contributed by atoms with Crippen LogP contribution in [-0.2, 0) is 9.59 Å². The van der Waals surface area contributed by atoms with Crippen molar-refractivity contribution in [1.82, 2.24) is 24.5 Å². The Morgan fingerprint density at radius 1 is 1.33 bits per heavy atom. The number of carbonyl (C=O) groups excluding carboxylic acids is 3. The van der Waals surface area contributed by atoms with Crippen LogP contribution in [0.4, 0.5) is 4.79 Å². The van der Waals surface area contributed by atoms with E-state index in [4.69, 9.17) is 4.98 Å². The molecule has 2 saturated heterocycles. The van der Waals surface area contributed by atoms with Crippen LogP contribution in [0.5, 0.6) is 0 Å². The van der Waals surface area contributed by atoms with Gasteiger partial charge in [-0.2, -0.15) is 0 Å². The van der Waals surface area contributed by atoms with Gasteiger partial charge in [-0.3, -0.25) is 18.9 Å². The number of carbonyl (C=O) groups is 3. The summed E-state index contributed by atoms with van der Waals surface area (Å²) in [6.45, 7) is 9.20. The first-order valence-corrected chi connectivity index (χ1v) is 11.4. The Kier molecular flexibility index (Phi) is 5.34. The van der Waals surface area contributed by atoms with Gasteiger partial charge in [-0.25, -0.2) is 9.78 Å². The molecule has 2 aromatic rings. The number of fused-ring (bicyclic) bond motifs is 1. The summed E-state index contributed by atoms with van der Waals surface area (Å²) in [4.78, 5) is 46.2. The summed E-state index contributed by atoms with van der Waals surface area (Å²) in [6.07, 6.45) is 2.80. The lowest BCUT2D eigenvalue weighted by Crippen LogP contribution is -2.41. The molecule has 30 heavy (non-hydrogen) atoms. The Balaban J connectivity index is 1.36. The number of imidazole rings is 1. The molecule has 1 atom stereocenters. The molecule has 162 valence electrons. The maximum atomic E-state index is 12.8. The summed E-state index contributed by atoms with van der Waals surface area (Å²) in [5, 5.41) is 4.82. The van der Waals surface area contributed by atoms with Crippen molar-refractivity contribution >= 4 is 34.0 Å². The molecule has 4 heterocycles. The van der Waals surface area contributed by atoms with Gasteiger partial charge in [0.25, 0.3) is 5.91 Å². The summed E-state index contributed by atoms with van der Waals surface area (Å²) in [5.74, 6) is 1.10. The Labute approximate surface area is 180 Å². The molecule has 2 aliphatic rings. The number of aryl methyl sites for hydroxylation is 2. The summed E-state index contributed by atoms with van der Waals surface area (Å²) >= 11 is 1.71. The highest BCUT2D eigenvalue weighted by molar-refractivity contribution is 7.15. The van der Waals surface area contributed by atoms with Crippen molar-refractivity contribution in [3.63, 3.8) is 0 Å². The zero-order chi connectivity index (χ0) is 21.6. The number of thiazole rings is 1. The third-order valence-corrected chi connectivity index (χ3v) is 7.17. The van der Waals surface area contributed by atoms with E-state index < -0.39 is 5.54 Å². The fraction of sp³-hybridized carbons (Fsp3) is 0.619. The molecule has 9 heteroatoms. The second-order valence-corrected chi connectivity index (χ2v) is 9.71. The lowest BCUT2D eigenvalue weighted by atomic mass is 9.95. The van der Waals surface area contributed by atoms with Crippen molar-refractivity contribution in [3.05, 3.63) is 22.6 Å². The van der Waals surface area contributed by atoms with Crippen LogP contribution < -0.4 is 5.32 Å². The maximum Gasteiger partial charge on any atom is 0.325 e. The molecule has 0 aliphatic carbocycles. The summed E-state index contributed by atoms with van der Waals surface area (Å²) in [7, 11) is 0. The van der Waals surface area contributed by atoms with E-state index in [1.165, 1.54) is 15.4 Å². The van der Waals surface area contributed by atoms with Crippen molar-refractivity contribution < 1.29 is 14.4 Å². The monoisotopic (exact) mass is 431 g/mol. The predicted octanol–water partition coefficient (Wildman–Crippen LogP) is 2.83. The first-order valence-electron chi connectivity index (χ1n) is 10.5. The fourth-order valence-corrected chi connectivity index (χ4v) is 5.62. The summed E-state index contributed by atoms with van der Waals surface area (Å²) in [6, 6.07) is -0.374. The van der Waals surface area contributed by atoms with E-state index in [9.17, 15) is 14.4 Å². The van der Waals surface area contributed by atoms with Crippen molar-refractivity contribution in [2.45, 2.75) is 64.8 Å². The van der Waals surface area contributed by atoms with E-state index in [0.29, 0.717) is 19.4 Å².